The van der Waals surface area contributed by atoms with Gasteiger partial charge >= 0.3 is 0 Å². The number of aryl methyl sites for hydroxylation is 5. The largest absolute Gasteiger partial charge is 0.295 e. The van der Waals surface area contributed by atoms with E-state index >= 15 is 0 Å². The molecule has 0 heterocycles. The molecule has 8 heteroatoms. The Balaban J connectivity index is 2.29. The van der Waals surface area contributed by atoms with Gasteiger partial charge in [0.15, 0.2) is 0 Å². The van der Waals surface area contributed by atoms with Gasteiger partial charge in [0.05, 0.1) is 0 Å². The molecule has 0 aliphatic rings. The van der Waals surface area contributed by atoms with Crippen LogP contribution >= 0.6 is 0 Å². The van der Waals surface area contributed by atoms with Gasteiger partial charge in [-0.1, -0.05) is 18.2 Å². The van der Waals surface area contributed by atoms with Crippen LogP contribution in [0.15, 0.2) is 52.3 Å². The van der Waals surface area contributed by atoms with E-state index in [9.17, 15) is 25.9 Å². The molecule has 2 N–H and O–H groups in total. The summed E-state index contributed by atoms with van der Waals surface area (Å²) in [5, 5.41) is 0. The number of rotatable bonds is 5. The molecule has 3 rings (SSSR count). The van der Waals surface area contributed by atoms with E-state index in [1.165, 1.54) is 24.3 Å². The first-order chi connectivity index (χ1) is 14.7. The summed E-state index contributed by atoms with van der Waals surface area (Å²) in [6, 6.07) is 11.7. The average molecular weight is 475 g/mol. The van der Waals surface area contributed by atoms with Crippen molar-refractivity contribution >= 4 is 20.2 Å². The van der Waals surface area contributed by atoms with Crippen molar-refractivity contribution in [1.29, 1.82) is 0 Å². The molecule has 3 aromatic rings. The summed E-state index contributed by atoms with van der Waals surface area (Å²) in [7, 11) is -9.33. The van der Waals surface area contributed by atoms with Crippen molar-refractivity contribution in [2.75, 3.05) is 0 Å². The van der Waals surface area contributed by atoms with Crippen molar-refractivity contribution in [1.82, 2.24) is 0 Å². The zero-order valence-electron chi connectivity index (χ0n) is 18.6. The fraction of sp³-hybridized carbons (Fsp3) is 0.250. The van der Waals surface area contributed by atoms with Gasteiger partial charge in [-0.15, -0.1) is 0 Å². The first-order valence-corrected chi connectivity index (χ1v) is 12.8. The predicted octanol–water partition coefficient (Wildman–Crippen LogP) is 4.98. The molecular formula is C24H26O6S2. The molecule has 0 aromatic heterocycles. The van der Waals surface area contributed by atoms with Gasteiger partial charge in [-0.25, -0.2) is 0 Å². The van der Waals surface area contributed by atoms with Crippen molar-refractivity contribution < 1.29 is 25.9 Å². The van der Waals surface area contributed by atoms with E-state index in [0.29, 0.717) is 23.1 Å². The van der Waals surface area contributed by atoms with Crippen LogP contribution < -0.4 is 0 Å². The van der Waals surface area contributed by atoms with Gasteiger partial charge in [0.2, 0.25) is 0 Å². The fourth-order valence-corrected chi connectivity index (χ4v) is 5.20. The summed E-state index contributed by atoms with van der Waals surface area (Å²) >= 11 is 0. The average Bonchev–Trinajstić information content (AvgIpc) is 2.66. The lowest BCUT2D eigenvalue weighted by Gasteiger charge is -2.17. The quantitative estimate of drug-likeness (QED) is 0.505. The lowest BCUT2D eigenvalue weighted by atomic mass is 9.93. The minimum Gasteiger partial charge on any atom is -0.282 e. The molecule has 170 valence electrons. The standard InChI is InChI=1S/C24H26O6S2/c1-14-6-7-19(8-15(14)2)12-20-13-24(32(28,29)30)22(10-18(20)5)21-9-16(3)17(4)11-23(21)31(25,26)27/h6-11,13H,12H2,1-5H3,(H,25,26,27)(H,28,29,30). The maximum atomic E-state index is 12.3. The zero-order chi connectivity index (χ0) is 24.0. The summed E-state index contributed by atoms with van der Waals surface area (Å²) in [6.45, 7) is 9.23. The van der Waals surface area contributed by atoms with Crippen LogP contribution in [0.25, 0.3) is 11.1 Å². The van der Waals surface area contributed by atoms with Gasteiger partial charge < -0.3 is 0 Å². The third kappa shape index (κ3) is 4.94. The van der Waals surface area contributed by atoms with E-state index in [4.69, 9.17) is 0 Å². The molecule has 6 nitrogen and oxygen atoms in total. The van der Waals surface area contributed by atoms with Crippen LogP contribution in [0.1, 0.15) is 38.9 Å². The molecule has 0 amide bonds. The summed E-state index contributed by atoms with van der Waals surface area (Å²) in [5.41, 5.74) is 6.02. The molecule has 0 bridgehead atoms. The van der Waals surface area contributed by atoms with Gasteiger partial charge in [0.1, 0.15) is 9.79 Å². The second kappa shape index (κ2) is 8.44. The predicted molar refractivity (Wildman–Crippen MR) is 124 cm³/mol. The van der Waals surface area contributed by atoms with E-state index in [2.05, 4.69) is 0 Å². The highest BCUT2D eigenvalue weighted by atomic mass is 32.2. The van der Waals surface area contributed by atoms with Crippen LogP contribution in [0, 0.1) is 34.6 Å². The first-order valence-electron chi connectivity index (χ1n) is 9.94. The van der Waals surface area contributed by atoms with E-state index in [-0.39, 0.29) is 11.1 Å². The monoisotopic (exact) mass is 474 g/mol. The molecular weight excluding hydrogens is 448 g/mol. The van der Waals surface area contributed by atoms with Crippen molar-refractivity contribution in [2.45, 2.75) is 50.8 Å². The molecule has 0 atom stereocenters. The molecule has 0 aliphatic heterocycles. The molecule has 0 radical (unpaired) electrons. The Morgan fingerprint density at radius 1 is 0.594 bits per heavy atom. The molecule has 0 aliphatic carbocycles. The van der Waals surface area contributed by atoms with Gasteiger partial charge in [0, 0.05) is 11.1 Å². The number of hydrogen-bond donors (Lipinski definition) is 2. The van der Waals surface area contributed by atoms with Crippen LogP contribution in [-0.4, -0.2) is 25.9 Å². The fourth-order valence-electron chi connectivity index (χ4n) is 3.69. The van der Waals surface area contributed by atoms with Gasteiger partial charge in [-0.2, -0.15) is 16.8 Å². The van der Waals surface area contributed by atoms with Gasteiger partial charge in [0.25, 0.3) is 20.2 Å². The molecule has 3 aromatic carbocycles. The normalized spacial score (nSPS) is 12.2. The Hall–Kier alpha value is -2.52. The van der Waals surface area contributed by atoms with Crippen LogP contribution in [0.2, 0.25) is 0 Å². The molecule has 0 unspecified atom stereocenters. The third-order valence-corrected chi connectivity index (χ3v) is 7.63. The minimum absolute atomic E-state index is 0.0176. The van der Waals surface area contributed by atoms with Gasteiger partial charge in [-0.3, -0.25) is 9.11 Å². The van der Waals surface area contributed by atoms with Crippen molar-refractivity contribution in [3.63, 3.8) is 0 Å². The smallest absolute Gasteiger partial charge is 0.282 e. The van der Waals surface area contributed by atoms with Crippen molar-refractivity contribution in [3.05, 3.63) is 81.4 Å². The molecule has 0 saturated heterocycles. The molecule has 0 spiro atoms. The van der Waals surface area contributed by atoms with E-state index in [1.807, 2.05) is 32.0 Å². The Kier molecular flexibility index (Phi) is 6.36. The minimum atomic E-state index is -4.69. The third-order valence-electron chi connectivity index (χ3n) is 5.85. The first kappa shape index (κ1) is 24.1. The van der Waals surface area contributed by atoms with Crippen LogP contribution in [0.3, 0.4) is 0 Å². The molecule has 0 fully saturated rings. The summed E-state index contributed by atoms with van der Waals surface area (Å²) in [4.78, 5) is -0.818. The second-order valence-electron chi connectivity index (χ2n) is 8.25. The number of benzene rings is 3. The topological polar surface area (TPSA) is 109 Å². The van der Waals surface area contributed by atoms with Crippen LogP contribution in [0.5, 0.6) is 0 Å². The summed E-state index contributed by atoms with van der Waals surface area (Å²) in [6.07, 6.45) is 0.438. The maximum absolute atomic E-state index is 12.3. The Morgan fingerprint density at radius 2 is 1.06 bits per heavy atom. The highest BCUT2D eigenvalue weighted by Crippen LogP contribution is 2.36. The highest BCUT2D eigenvalue weighted by molar-refractivity contribution is 7.86. The lowest BCUT2D eigenvalue weighted by Crippen LogP contribution is -2.08. The summed E-state index contributed by atoms with van der Waals surface area (Å²) in [5.74, 6) is 0. The van der Waals surface area contributed by atoms with E-state index in [1.54, 1.807) is 20.8 Å². The SMILES string of the molecule is Cc1ccc(Cc2cc(S(=O)(=O)O)c(-c3cc(C)c(C)cc3S(=O)(=O)O)cc2C)cc1C. The van der Waals surface area contributed by atoms with E-state index in [0.717, 1.165) is 22.3 Å². The highest BCUT2D eigenvalue weighted by Gasteiger charge is 2.25. The Morgan fingerprint density at radius 3 is 1.59 bits per heavy atom. The lowest BCUT2D eigenvalue weighted by molar-refractivity contribution is 0.480. The van der Waals surface area contributed by atoms with Gasteiger partial charge in [-0.05, 0) is 104 Å². The molecule has 32 heavy (non-hydrogen) atoms. The number of hydrogen-bond acceptors (Lipinski definition) is 4. The van der Waals surface area contributed by atoms with Crippen LogP contribution in [-0.2, 0) is 26.7 Å². The van der Waals surface area contributed by atoms with Crippen LogP contribution in [0.4, 0.5) is 0 Å². The Bertz CT molecular complexity index is 1440. The second-order valence-corrected chi connectivity index (χ2v) is 11.0. The Labute approximate surface area is 189 Å². The molecule has 0 saturated carbocycles. The summed E-state index contributed by atoms with van der Waals surface area (Å²) < 4.78 is 68.4. The zero-order valence-corrected chi connectivity index (χ0v) is 20.2. The maximum Gasteiger partial charge on any atom is 0.295 e. The van der Waals surface area contributed by atoms with Crippen molar-refractivity contribution in [2.24, 2.45) is 0 Å². The van der Waals surface area contributed by atoms with E-state index < -0.39 is 30.0 Å². The van der Waals surface area contributed by atoms with Crippen molar-refractivity contribution in [3.8, 4) is 11.1 Å².